The molecule has 0 amide bonds. The molecule has 2 aromatic carbocycles. The number of carboxylic acid groups (broad SMARTS) is 1. The lowest BCUT2D eigenvalue weighted by Gasteiger charge is -2.15. The maximum atomic E-state index is 11.3. The van der Waals surface area contributed by atoms with Crippen LogP contribution in [0.15, 0.2) is 40.9 Å². The molecule has 1 aliphatic carbocycles. The quantitative estimate of drug-likeness (QED) is 0.287. The number of rotatable bonds is 7. The number of hydrogen-bond donors (Lipinski definition) is 1. The van der Waals surface area contributed by atoms with E-state index in [2.05, 4.69) is 10.1 Å². The Morgan fingerprint density at radius 3 is 2.74 bits per heavy atom. The molecule has 1 atom stereocenters. The second kappa shape index (κ2) is 9.09. The van der Waals surface area contributed by atoms with E-state index >= 15 is 0 Å². The van der Waals surface area contributed by atoms with Gasteiger partial charge in [-0.25, -0.2) is 9.78 Å². The van der Waals surface area contributed by atoms with Crippen LogP contribution >= 0.6 is 34.5 Å². The Balaban J connectivity index is 1.19. The molecule has 4 aromatic rings. The SMILES string of the molecule is O=C(O)c1ccc2nc(N3CC[C@@H](OCc4c(-c5c(Cl)cccc5Cl)noc4C4CC4)C3)sc2c1. The van der Waals surface area contributed by atoms with Gasteiger partial charge in [0.05, 0.1) is 38.5 Å². The Morgan fingerprint density at radius 2 is 2.00 bits per heavy atom. The van der Waals surface area contributed by atoms with Crippen molar-refractivity contribution >= 4 is 55.9 Å². The third-order valence-electron chi connectivity index (χ3n) is 6.47. The lowest BCUT2D eigenvalue weighted by molar-refractivity contribution is 0.0547. The minimum atomic E-state index is -0.937. The molecule has 1 saturated carbocycles. The lowest BCUT2D eigenvalue weighted by Crippen LogP contribution is -2.22. The maximum absolute atomic E-state index is 11.3. The van der Waals surface area contributed by atoms with Gasteiger partial charge in [-0.1, -0.05) is 45.8 Å². The van der Waals surface area contributed by atoms with Crippen LogP contribution in [0.3, 0.4) is 0 Å². The monoisotopic (exact) mass is 529 g/mol. The van der Waals surface area contributed by atoms with E-state index in [-0.39, 0.29) is 11.7 Å². The van der Waals surface area contributed by atoms with Gasteiger partial charge in [-0.2, -0.15) is 0 Å². The van der Waals surface area contributed by atoms with E-state index in [0.717, 1.165) is 52.5 Å². The van der Waals surface area contributed by atoms with E-state index in [0.29, 0.717) is 40.4 Å². The highest BCUT2D eigenvalue weighted by molar-refractivity contribution is 7.22. The number of ether oxygens (including phenoxy) is 1. The van der Waals surface area contributed by atoms with Gasteiger partial charge in [0.15, 0.2) is 5.13 Å². The average molecular weight is 530 g/mol. The van der Waals surface area contributed by atoms with Crippen LogP contribution in [0.2, 0.25) is 10.0 Å². The largest absolute Gasteiger partial charge is 0.478 e. The molecule has 0 radical (unpaired) electrons. The van der Waals surface area contributed by atoms with E-state index in [1.54, 1.807) is 30.3 Å². The van der Waals surface area contributed by atoms with Crippen molar-refractivity contribution in [2.75, 3.05) is 18.0 Å². The number of aromatic nitrogens is 2. The summed E-state index contributed by atoms with van der Waals surface area (Å²) >= 11 is 14.4. The van der Waals surface area contributed by atoms with Crippen LogP contribution in [-0.4, -0.2) is 40.4 Å². The molecule has 0 bridgehead atoms. The zero-order chi connectivity index (χ0) is 24.1. The number of thiazole rings is 1. The van der Waals surface area contributed by atoms with Crippen LogP contribution in [0, 0.1) is 0 Å². The molecule has 2 aliphatic rings. The van der Waals surface area contributed by atoms with Crippen LogP contribution in [0.1, 0.15) is 46.9 Å². The van der Waals surface area contributed by atoms with Gasteiger partial charge in [0.25, 0.3) is 0 Å². The summed E-state index contributed by atoms with van der Waals surface area (Å²) in [4.78, 5) is 18.2. The van der Waals surface area contributed by atoms with Gasteiger partial charge in [-0.05, 0) is 49.6 Å². The van der Waals surface area contributed by atoms with Crippen LogP contribution < -0.4 is 4.90 Å². The van der Waals surface area contributed by atoms with Crippen LogP contribution in [0.25, 0.3) is 21.5 Å². The first-order valence-corrected chi connectivity index (χ1v) is 13.0. The molecular formula is C25H21Cl2N3O4S. The van der Waals surface area contributed by atoms with E-state index in [4.69, 9.17) is 37.4 Å². The molecule has 0 spiro atoms. The van der Waals surface area contributed by atoms with Gasteiger partial charge in [-0.3, -0.25) is 0 Å². The molecule has 1 aliphatic heterocycles. The van der Waals surface area contributed by atoms with Crippen molar-refractivity contribution in [1.29, 1.82) is 0 Å². The second-order valence-electron chi connectivity index (χ2n) is 8.90. The normalized spacial score (nSPS) is 18.0. The fourth-order valence-electron chi connectivity index (χ4n) is 4.47. The number of anilines is 1. The van der Waals surface area contributed by atoms with Crippen LogP contribution in [0.5, 0.6) is 0 Å². The molecule has 2 aromatic heterocycles. The van der Waals surface area contributed by atoms with Gasteiger partial charge in [-0.15, -0.1) is 0 Å². The average Bonchev–Trinajstić information content (AvgIpc) is 3.24. The number of nitrogens with zero attached hydrogens (tertiary/aromatic N) is 3. The van der Waals surface area contributed by atoms with E-state index < -0.39 is 5.97 Å². The number of fused-ring (bicyclic) bond motifs is 1. The van der Waals surface area contributed by atoms with Crippen molar-refractivity contribution < 1.29 is 19.2 Å². The summed E-state index contributed by atoms with van der Waals surface area (Å²) in [7, 11) is 0. The standard InChI is InChI=1S/C25H21Cl2N3O4S/c26-17-2-1-3-18(27)21(17)22-16(23(34-29-22)13-4-5-13)12-33-15-8-9-30(11-15)25-28-19-7-6-14(24(31)32)10-20(19)35-25/h1-3,6-7,10,13,15H,4-5,8-9,11-12H2,(H,31,32)/t15-/m1/s1. The molecule has 10 heteroatoms. The molecule has 7 nitrogen and oxygen atoms in total. The molecule has 1 N–H and O–H groups in total. The molecule has 2 fully saturated rings. The van der Waals surface area contributed by atoms with E-state index in [1.165, 1.54) is 11.3 Å². The van der Waals surface area contributed by atoms with Crippen LogP contribution in [0.4, 0.5) is 5.13 Å². The van der Waals surface area contributed by atoms with Crippen molar-refractivity contribution in [2.24, 2.45) is 0 Å². The Hall–Kier alpha value is -2.65. The second-order valence-corrected chi connectivity index (χ2v) is 10.7. The summed E-state index contributed by atoms with van der Waals surface area (Å²) in [5, 5.41) is 15.5. The fraction of sp³-hybridized carbons (Fsp3) is 0.320. The summed E-state index contributed by atoms with van der Waals surface area (Å²) in [6.07, 6.45) is 3.04. The highest BCUT2D eigenvalue weighted by atomic mass is 35.5. The molecular weight excluding hydrogens is 509 g/mol. The van der Waals surface area contributed by atoms with E-state index in [9.17, 15) is 9.90 Å². The number of carbonyl (C=O) groups is 1. The van der Waals surface area contributed by atoms with Crippen molar-refractivity contribution in [2.45, 2.75) is 37.9 Å². The summed E-state index contributed by atoms with van der Waals surface area (Å²) in [5.41, 5.74) is 3.32. The summed E-state index contributed by atoms with van der Waals surface area (Å²) in [6, 6.07) is 10.4. The topological polar surface area (TPSA) is 88.7 Å². The number of benzene rings is 2. The van der Waals surface area contributed by atoms with Crippen molar-refractivity contribution in [3.05, 3.63) is 63.3 Å². The highest BCUT2D eigenvalue weighted by Crippen LogP contribution is 2.46. The predicted octanol–water partition coefficient (Wildman–Crippen LogP) is 6.63. The van der Waals surface area contributed by atoms with Gasteiger partial charge in [0.2, 0.25) is 0 Å². The number of hydrogen-bond acceptors (Lipinski definition) is 7. The number of carboxylic acids is 1. The summed E-state index contributed by atoms with van der Waals surface area (Å²) in [5.74, 6) is 0.300. The van der Waals surface area contributed by atoms with Gasteiger partial charge >= 0.3 is 5.97 Å². The molecule has 35 heavy (non-hydrogen) atoms. The molecule has 1 saturated heterocycles. The van der Waals surface area contributed by atoms with Gasteiger partial charge in [0, 0.05) is 30.1 Å². The Morgan fingerprint density at radius 1 is 1.20 bits per heavy atom. The smallest absolute Gasteiger partial charge is 0.335 e. The third kappa shape index (κ3) is 4.40. The molecule has 180 valence electrons. The van der Waals surface area contributed by atoms with Crippen molar-refractivity contribution in [3.8, 4) is 11.3 Å². The first-order chi connectivity index (χ1) is 17.0. The first kappa shape index (κ1) is 22.8. The summed E-state index contributed by atoms with van der Waals surface area (Å²) in [6.45, 7) is 1.89. The zero-order valence-electron chi connectivity index (χ0n) is 18.5. The summed E-state index contributed by atoms with van der Waals surface area (Å²) < 4.78 is 13.0. The predicted molar refractivity (Wildman–Crippen MR) is 136 cm³/mol. The Labute approximate surface area is 215 Å². The maximum Gasteiger partial charge on any atom is 0.335 e. The van der Waals surface area contributed by atoms with Gasteiger partial charge < -0.3 is 19.3 Å². The Bertz CT molecular complexity index is 1410. The third-order valence-corrected chi connectivity index (χ3v) is 8.18. The Kier molecular flexibility index (Phi) is 5.92. The number of halogens is 2. The molecule has 3 heterocycles. The minimum absolute atomic E-state index is 0.0214. The van der Waals surface area contributed by atoms with E-state index in [1.807, 2.05) is 6.07 Å². The first-order valence-electron chi connectivity index (χ1n) is 11.4. The zero-order valence-corrected chi connectivity index (χ0v) is 20.9. The van der Waals surface area contributed by atoms with Gasteiger partial charge in [0.1, 0.15) is 11.5 Å². The lowest BCUT2D eigenvalue weighted by atomic mass is 10.0. The molecule has 0 unspecified atom stereocenters. The van der Waals surface area contributed by atoms with Crippen LogP contribution in [-0.2, 0) is 11.3 Å². The van der Waals surface area contributed by atoms with Crippen molar-refractivity contribution in [3.63, 3.8) is 0 Å². The van der Waals surface area contributed by atoms with Crippen molar-refractivity contribution in [1.82, 2.24) is 10.1 Å². The fourth-order valence-corrected chi connectivity index (χ4v) is 6.08. The minimum Gasteiger partial charge on any atom is -0.478 e. The highest BCUT2D eigenvalue weighted by Gasteiger charge is 2.34. The molecule has 6 rings (SSSR count). The number of aromatic carboxylic acids is 1.